The molecule has 0 bridgehead atoms. The van der Waals surface area contributed by atoms with Gasteiger partial charge in [-0.1, -0.05) is 17.7 Å². The van der Waals surface area contributed by atoms with E-state index in [1.54, 1.807) is 13.2 Å². The topological polar surface area (TPSA) is 50.4 Å². The lowest BCUT2D eigenvalue weighted by Gasteiger charge is -2.12. The zero-order valence-corrected chi connectivity index (χ0v) is 12.5. The number of amides is 1. The number of hydrogen-bond acceptors (Lipinski definition) is 3. The first-order valence-electron chi connectivity index (χ1n) is 7.02. The number of methoxy groups -OCH3 is 1. The van der Waals surface area contributed by atoms with E-state index in [1.807, 2.05) is 12.1 Å². The van der Waals surface area contributed by atoms with Gasteiger partial charge in [-0.25, -0.2) is 0 Å². The maximum atomic E-state index is 11.9. The zero-order chi connectivity index (χ0) is 14.4. The Balaban J connectivity index is 1.80. The van der Waals surface area contributed by atoms with Crippen LogP contribution in [0, 0.1) is 0 Å². The highest BCUT2D eigenvalue weighted by molar-refractivity contribution is 6.31. The number of benzene rings is 1. The van der Waals surface area contributed by atoms with Gasteiger partial charge in [0.25, 0.3) is 0 Å². The molecule has 5 heteroatoms. The number of halogens is 1. The van der Waals surface area contributed by atoms with Gasteiger partial charge in [0, 0.05) is 29.6 Å². The van der Waals surface area contributed by atoms with Crippen molar-refractivity contribution < 1.29 is 9.53 Å². The van der Waals surface area contributed by atoms with Gasteiger partial charge in [-0.2, -0.15) is 0 Å². The van der Waals surface area contributed by atoms with E-state index in [4.69, 9.17) is 16.3 Å². The van der Waals surface area contributed by atoms with E-state index in [9.17, 15) is 4.79 Å². The molecule has 1 aromatic rings. The van der Waals surface area contributed by atoms with Gasteiger partial charge in [-0.15, -0.1) is 0 Å². The van der Waals surface area contributed by atoms with Crippen molar-refractivity contribution in [2.75, 3.05) is 13.7 Å². The summed E-state index contributed by atoms with van der Waals surface area (Å²) in [6.45, 7) is 1.48. The lowest BCUT2D eigenvalue weighted by molar-refractivity contribution is -0.121. The third kappa shape index (κ3) is 4.12. The number of carbonyl (C=O) groups is 1. The van der Waals surface area contributed by atoms with Gasteiger partial charge in [0.15, 0.2) is 0 Å². The maximum absolute atomic E-state index is 11.9. The summed E-state index contributed by atoms with van der Waals surface area (Å²) in [7, 11) is 1.60. The second-order valence-electron chi connectivity index (χ2n) is 5.03. The first-order valence-corrected chi connectivity index (χ1v) is 7.40. The monoisotopic (exact) mass is 296 g/mol. The molecule has 1 atom stereocenters. The summed E-state index contributed by atoms with van der Waals surface area (Å²) in [6.07, 6.45) is 3.82. The molecule has 0 aliphatic carbocycles. The summed E-state index contributed by atoms with van der Waals surface area (Å²) < 4.78 is 5.25. The highest BCUT2D eigenvalue weighted by atomic mass is 35.5. The minimum Gasteiger partial charge on any atom is -0.496 e. The van der Waals surface area contributed by atoms with Crippen LogP contribution in [0.4, 0.5) is 0 Å². The second-order valence-corrected chi connectivity index (χ2v) is 5.44. The standard InChI is InChI=1S/C15H21ClN2O2/c1-20-14-6-2-5-13(16)12(14)10-18-15(19)8-7-11-4-3-9-17-11/h2,5-6,11,17H,3-4,7-10H2,1H3,(H,18,19). The SMILES string of the molecule is COc1cccc(Cl)c1CNC(=O)CCC1CCCN1. The van der Waals surface area contributed by atoms with Crippen molar-refractivity contribution in [2.24, 2.45) is 0 Å². The fourth-order valence-electron chi connectivity index (χ4n) is 2.49. The van der Waals surface area contributed by atoms with Crippen LogP contribution in [-0.4, -0.2) is 25.6 Å². The van der Waals surface area contributed by atoms with Gasteiger partial charge >= 0.3 is 0 Å². The van der Waals surface area contributed by atoms with Crippen molar-refractivity contribution in [1.82, 2.24) is 10.6 Å². The van der Waals surface area contributed by atoms with Crippen LogP contribution in [0.3, 0.4) is 0 Å². The molecule has 1 aliphatic heterocycles. The van der Waals surface area contributed by atoms with Crippen LogP contribution in [0.5, 0.6) is 5.75 Å². The van der Waals surface area contributed by atoms with Crippen molar-refractivity contribution >= 4 is 17.5 Å². The number of rotatable bonds is 6. The Labute approximate surface area is 124 Å². The van der Waals surface area contributed by atoms with Crippen LogP contribution in [0.25, 0.3) is 0 Å². The van der Waals surface area contributed by atoms with Gasteiger partial charge < -0.3 is 15.4 Å². The lowest BCUT2D eigenvalue weighted by atomic mass is 10.1. The molecule has 1 unspecified atom stereocenters. The molecular formula is C15H21ClN2O2. The molecule has 1 aliphatic rings. The Morgan fingerprint density at radius 1 is 1.55 bits per heavy atom. The molecule has 2 rings (SSSR count). The van der Waals surface area contributed by atoms with E-state index in [-0.39, 0.29) is 5.91 Å². The number of nitrogens with one attached hydrogen (secondary N) is 2. The highest BCUT2D eigenvalue weighted by Crippen LogP contribution is 2.25. The molecule has 1 heterocycles. The van der Waals surface area contributed by atoms with Crippen LogP contribution in [0.1, 0.15) is 31.2 Å². The molecule has 1 amide bonds. The predicted molar refractivity (Wildman–Crippen MR) is 80.1 cm³/mol. The average molecular weight is 297 g/mol. The van der Waals surface area contributed by atoms with Crippen LogP contribution in [-0.2, 0) is 11.3 Å². The van der Waals surface area contributed by atoms with Gasteiger partial charge in [0.05, 0.1) is 7.11 Å². The van der Waals surface area contributed by atoms with E-state index >= 15 is 0 Å². The van der Waals surface area contributed by atoms with E-state index in [0.717, 1.165) is 18.5 Å². The van der Waals surface area contributed by atoms with Gasteiger partial charge in [0.2, 0.25) is 5.91 Å². The molecule has 0 radical (unpaired) electrons. The quantitative estimate of drug-likeness (QED) is 0.848. The minimum atomic E-state index is 0.0562. The summed E-state index contributed by atoms with van der Waals surface area (Å²) in [6, 6.07) is 5.97. The molecule has 0 saturated carbocycles. The predicted octanol–water partition coefficient (Wildman–Crippen LogP) is 2.50. The third-order valence-electron chi connectivity index (χ3n) is 3.64. The van der Waals surface area contributed by atoms with Gasteiger partial charge in [-0.3, -0.25) is 4.79 Å². The summed E-state index contributed by atoms with van der Waals surface area (Å²) in [5.74, 6) is 0.760. The molecule has 4 nitrogen and oxygen atoms in total. The van der Waals surface area contributed by atoms with E-state index in [2.05, 4.69) is 10.6 Å². The first-order chi connectivity index (χ1) is 9.70. The van der Waals surface area contributed by atoms with Crippen molar-refractivity contribution in [2.45, 2.75) is 38.3 Å². The van der Waals surface area contributed by atoms with Crippen LogP contribution < -0.4 is 15.4 Å². The first kappa shape index (κ1) is 15.1. The average Bonchev–Trinajstić information content (AvgIpc) is 2.96. The minimum absolute atomic E-state index is 0.0562. The highest BCUT2D eigenvalue weighted by Gasteiger charge is 2.15. The summed E-state index contributed by atoms with van der Waals surface area (Å²) in [5.41, 5.74) is 0.823. The molecule has 2 N–H and O–H groups in total. The number of carbonyl (C=O) groups excluding carboxylic acids is 1. The molecule has 20 heavy (non-hydrogen) atoms. The van der Waals surface area contributed by atoms with E-state index < -0.39 is 0 Å². The molecule has 1 saturated heterocycles. The Hall–Kier alpha value is -1.26. The van der Waals surface area contributed by atoms with E-state index in [1.165, 1.54) is 12.8 Å². The molecular weight excluding hydrogens is 276 g/mol. The summed E-state index contributed by atoms with van der Waals surface area (Å²) >= 11 is 6.13. The molecule has 110 valence electrons. The van der Waals surface area contributed by atoms with Crippen molar-refractivity contribution in [3.63, 3.8) is 0 Å². The Morgan fingerprint density at radius 2 is 2.40 bits per heavy atom. The fraction of sp³-hybridized carbons (Fsp3) is 0.533. The fourth-order valence-corrected chi connectivity index (χ4v) is 2.72. The van der Waals surface area contributed by atoms with Crippen LogP contribution in [0.15, 0.2) is 18.2 Å². The molecule has 0 aromatic heterocycles. The van der Waals surface area contributed by atoms with Crippen LogP contribution in [0.2, 0.25) is 5.02 Å². The zero-order valence-electron chi connectivity index (χ0n) is 11.7. The second kappa shape index (κ2) is 7.50. The third-order valence-corrected chi connectivity index (χ3v) is 3.99. The van der Waals surface area contributed by atoms with Crippen LogP contribution >= 0.6 is 11.6 Å². The summed E-state index contributed by atoms with van der Waals surface area (Å²) in [4.78, 5) is 11.9. The smallest absolute Gasteiger partial charge is 0.220 e. The van der Waals surface area contributed by atoms with E-state index in [0.29, 0.717) is 29.8 Å². The summed E-state index contributed by atoms with van der Waals surface area (Å²) in [5, 5.41) is 6.91. The maximum Gasteiger partial charge on any atom is 0.220 e. The van der Waals surface area contributed by atoms with Gasteiger partial charge in [0.1, 0.15) is 5.75 Å². The van der Waals surface area contributed by atoms with Crippen molar-refractivity contribution in [3.05, 3.63) is 28.8 Å². The molecule has 1 fully saturated rings. The molecule has 0 spiro atoms. The number of ether oxygens (including phenoxy) is 1. The lowest BCUT2D eigenvalue weighted by Crippen LogP contribution is -2.27. The van der Waals surface area contributed by atoms with Crippen molar-refractivity contribution in [1.29, 1.82) is 0 Å². The number of hydrogen-bond donors (Lipinski definition) is 2. The van der Waals surface area contributed by atoms with Crippen molar-refractivity contribution in [3.8, 4) is 5.75 Å². The molecule has 1 aromatic carbocycles. The normalized spacial score (nSPS) is 18.0. The Kier molecular flexibility index (Phi) is 5.68. The largest absolute Gasteiger partial charge is 0.496 e. The Bertz CT molecular complexity index is 459. The van der Waals surface area contributed by atoms with Gasteiger partial charge in [-0.05, 0) is 37.9 Å². The Morgan fingerprint density at radius 3 is 3.10 bits per heavy atom.